The van der Waals surface area contributed by atoms with Crippen molar-refractivity contribution in [2.75, 3.05) is 0 Å². The number of nitrogens with zero attached hydrogens (tertiary/aromatic N) is 2. The van der Waals surface area contributed by atoms with E-state index < -0.39 is 0 Å². The van der Waals surface area contributed by atoms with Crippen molar-refractivity contribution in [2.24, 2.45) is 0 Å². The van der Waals surface area contributed by atoms with Crippen LogP contribution in [0.5, 0.6) is 6.01 Å². The van der Waals surface area contributed by atoms with Gasteiger partial charge >= 0.3 is 0 Å². The maximum Gasteiger partial charge on any atom is 0.296 e. The minimum atomic E-state index is 0.534. The molecule has 0 saturated carbocycles. The van der Waals surface area contributed by atoms with E-state index in [9.17, 15) is 0 Å². The molecule has 0 saturated heterocycles. The van der Waals surface area contributed by atoms with Gasteiger partial charge in [-0.2, -0.15) is 0 Å². The number of hydrogen-bond acceptors (Lipinski definition) is 2. The molecule has 1 heterocycles. The van der Waals surface area contributed by atoms with Crippen molar-refractivity contribution in [3.63, 3.8) is 0 Å². The van der Waals surface area contributed by atoms with Crippen LogP contribution in [0, 0.1) is 0 Å². The van der Waals surface area contributed by atoms with Crippen LogP contribution in [0.4, 0.5) is 0 Å². The van der Waals surface area contributed by atoms with E-state index in [0.717, 1.165) is 12.1 Å². The monoisotopic (exact) mass is 264 g/mol. The third-order valence-corrected chi connectivity index (χ3v) is 3.08. The van der Waals surface area contributed by atoms with Gasteiger partial charge in [0.25, 0.3) is 6.01 Å². The fourth-order valence-corrected chi connectivity index (χ4v) is 2.06. The Labute approximate surface area is 118 Å². The first-order chi connectivity index (χ1) is 9.92. The smallest absolute Gasteiger partial charge is 0.296 e. The van der Waals surface area contributed by atoms with Crippen LogP contribution in [0.3, 0.4) is 0 Å². The van der Waals surface area contributed by atoms with E-state index >= 15 is 0 Å². The fraction of sp³-hybridized carbons (Fsp3) is 0.118. The maximum atomic E-state index is 5.79. The predicted molar refractivity (Wildman–Crippen MR) is 78.5 cm³/mol. The lowest BCUT2D eigenvalue weighted by molar-refractivity contribution is 0.269. The number of hydrogen-bond donors (Lipinski definition) is 0. The van der Waals surface area contributed by atoms with Crippen molar-refractivity contribution in [1.29, 1.82) is 0 Å². The maximum absolute atomic E-state index is 5.79. The number of aromatic nitrogens is 2. The van der Waals surface area contributed by atoms with Gasteiger partial charge in [0.15, 0.2) is 0 Å². The molecule has 0 radical (unpaired) electrons. The van der Waals surface area contributed by atoms with Crippen molar-refractivity contribution in [2.45, 2.75) is 13.2 Å². The molecule has 0 aliphatic heterocycles. The molecule has 2 aromatic carbocycles. The zero-order valence-electron chi connectivity index (χ0n) is 11.1. The Morgan fingerprint density at radius 2 is 1.50 bits per heavy atom. The molecule has 20 heavy (non-hydrogen) atoms. The lowest BCUT2D eigenvalue weighted by Crippen LogP contribution is -2.04. The third-order valence-electron chi connectivity index (χ3n) is 3.08. The van der Waals surface area contributed by atoms with E-state index in [4.69, 9.17) is 4.74 Å². The van der Waals surface area contributed by atoms with Gasteiger partial charge in [0.1, 0.15) is 6.61 Å². The van der Waals surface area contributed by atoms with Crippen molar-refractivity contribution >= 4 is 0 Å². The molecule has 0 aliphatic rings. The molecule has 3 nitrogen and oxygen atoms in total. The van der Waals surface area contributed by atoms with Crippen molar-refractivity contribution in [3.05, 3.63) is 84.2 Å². The lowest BCUT2D eigenvalue weighted by Gasteiger charge is -2.09. The van der Waals surface area contributed by atoms with Crippen molar-refractivity contribution in [3.8, 4) is 6.01 Å². The molecule has 0 spiro atoms. The molecule has 1 aromatic heterocycles. The molecule has 3 aromatic rings. The standard InChI is InChI=1S/C17H16N2O/c1-3-7-15(8-4-1)13-19-12-11-18-17(19)20-14-16-9-5-2-6-10-16/h1-12H,13-14H2. The molecule has 0 N–H and O–H groups in total. The first-order valence-corrected chi connectivity index (χ1v) is 6.63. The van der Waals surface area contributed by atoms with Crippen LogP contribution < -0.4 is 4.74 Å². The number of rotatable bonds is 5. The molecule has 0 amide bonds. The molecule has 0 bridgehead atoms. The molecule has 0 atom stereocenters. The normalized spacial score (nSPS) is 10.4. The van der Waals surface area contributed by atoms with Gasteiger partial charge in [-0.05, 0) is 11.1 Å². The second-order valence-electron chi connectivity index (χ2n) is 4.60. The first kappa shape index (κ1) is 12.5. The van der Waals surface area contributed by atoms with E-state index in [1.807, 2.05) is 59.3 Å². The van der Waals surface area contributed by atoms with Gasteiger partial charge in [0, 0.05) is 12.4 Å². The summed E-state index contributed by atoms with van der Waals surface area (Å²) in [5.41, 5.74) is 2.37. The van der Waals surface area contributed by atoms with Gasteiger partial charge < -0.3 is 4.74 Å². The molecule has 0 fully saturated rings. The summed E-state index contributed by atoms with van der Waals surface area (Å²) >= 11 is 0. The summed E-state index contributed by atoms with van der Waals surface area (Å²) < 4.78 is 7.80. The Morgan fingerprint density at radius 1 is 0.850 bits per heavy atom. The number of benzene rings is 2. The van der Waals surface area contributed by atoms with E-state index in [1.54, 1.807) is 6.20 Å². The van der Waals surface area contributed by atoms with Gasteiger partial charge in [-0.15, -0.1) is 0 Å². The highest BCUT2D eigenvalue weighted by Gasteiger charge is 2.04. The van der Waals surface area contributed by atoms with Crippen LogP contribution in [0.1, 0.15) is 11.1 Å². The first-order valence-electron chi connectivity index (χ1n) is 6.63. The summed E-state index contributed by atoms with van der Waals surface area (Å²) in [6, 6.07) is 21.1. The summed E-state index contributed by atoms with van der Waals surface area (Å²) in [4.78, 5) is 4.27. The minimum Gasteiger partial charge on any atom is -0.460 e. The van der Waals surface area contributed by atoms with Gasteiger partial charge in [-0.3, -0.25) is 4.57 Å². The van der Waals surface area contributed by atoms with Gasteiger partial charge in [0.2, 0.25) is 0 Å². The zero-order chi connectivity index (χ0) is 13.6. The lowest BCUT2D eigenvalue weighted by atomic mass is 10.2. The van der Waals surface area contributed by atoms with E-state index in [0.29, 0.717) is 12.6 Å². The highest BCUT2D eigenvalue weighted by molar-refractivity contribution is 5.17. The SMILES string of the molecule is c1ccc(COc2nccn2Cc2ccccc2)cc1. The molecular formula is C17H16N2O. The zero-order valence-corrected chi connectivity index (χ0v) is 11.1. The van der Waals surface area contributed by atoms with E-state index in [-0.39, 0.29) is 0 Å². The van der Waals surface area contributed by atoms with Crippen molar-refractivity contribution in [1.82, 2.24) is 9.55 Å². The second-order valence-corrected chi connectivity index (χ2v) is 4.60. The summed E-state index contributed by atoms with van der Waals surface area (Å²) in [7, 11) is 0. The van der Waals surface area contributed by atoms with E-state index in [2.05, 4.69) is 17.1 Å². The Morgan fingerprint density at radius 3 is 2.20 bits per heavy atom. The summed E-state index contributed by atoms with van der Waals surface area (Å²) in [6.07, 6.45) is 3.70. The largest absolute Gasteiger partial charge is 0.460 e. The number of ether oxygens (including phenoxy) is 1. The highest BCUT2D eigenvalue weighted by atomic mass is 16.5. The Kier molecular flexibility index (Phi) is 3.78. The Balaban J connectivity index is 1.68. The van der Waals surface area contributed by atoms with Crippen LogP contribution in [0.2, 0.25) is 0 Å². The van der Waals surface area contributed by atoms with Crippen LogP contribution in [-0.4, -0.2) is 9.55 Å². The van der Waals surface area contributed by atoms with Crippen LogP contribution in [-0.2, 0) is 13.2 Å². The minimum absolute atomic E-state index is 0.534. The Hall–Kier alpha value is -2.55. The van der Waals surface area contributed by atoms with Gasteiger partial charge in [0.05, 0.1) is 6.54 Å². The summed E-state index contributed by atoms with van der Waals surface area (Å²) in [5.74, 6) is 0. The second kappa shape index (κ2) is 6.06. The van der Waals surface area contributed by atoms with Crippen LogP contribution >= 0.6 is 0 Å². The summed E-state index contributed by atoms with van der Waals surface area (Å²) in [6.45, 7) is 1.30. The van der Waals surface area contributed by atoms with Gasteiger partial charge in [-0.1, -0.05) is 60.7 Å². The average Bonchev–Trinajstić information content (AvgIpc) is 2.94. The molecular weight excluding hydrogens is 248 g/mol. The Bertz CT molecular complexity index is 647. The van der Waals surface area contributed by atoms with Crippen LogP contribution in [0.25, 0.3) is 0 Å². The molecule has 0 aliphatic carbocycles. The van der Waals surface area contributed by atoms with Gasteiger partial charge in [-0.25, -0.2) is 4.98 Å². The highest BCUT2D eigenvalue weighted by Crippen LogP contribution is 2.13. The van der Waals surface area contributed by atoms with E-state index in [1.165, 1.54) is 5.56 Å². The molecule has 0 unspecified atom stereocenters. The molecule has 3 heteroatoms. The molecule has 100 valence electrons. The van der Waals surface area contributed by atoms with Crippen LogP contribution in [0.15, 0.2) is 73.1 Å². The van der Waals surface area contributed by atoms with Crippen molar-refractivity contribution < 1.29 is 4.74 Å². The number of imidazole rings is 1. The molecule has 3 rings (SSSR count). The quantitative estimate of drug-likeness (QED) is 0.705. The average molecular weight is 264 g/mol. The topological polar surface area (TPSA) is 27.1 Å². The third kappa shape index (κ3) is 3.06. The summed E-state index contributed by atoms with van der Waals surface area (Å²) in [5, 5.41) is 0. The fourth-order valence-electron chi connectivity index (χ4n) is 2.06. The predicted octanol–water partition coefficient (Wildman–Crippen LogP) is 3.51.